The average molecular weight is 448 g/mol. The minimum absolute atomic E-state index is 0.179. The molecule has 0 atom stereocenters. The van der Waals surface area contributed by atoms with Crippen LogP contribution in [0.2, 0.25) is 0 Å². The second kappa shape index (κ2) is 9.28. The summed E-state index contributed by atoms with van der Waals surface area (Å²) in [4.78, 5) is 29.7. The minimum atomic E-state index is -0.351. The molecular formula is C25H25FN4O3. The maximum Gasteiger partial charge on any atom is 0.268 e. The van der Waals surface area contributed by atoms with Crippen LogP contribution in [0.15, 0.2) is 60.6 Å². The third-order valence-corrected chi connectivity index (χ3v) is 5.54. The Bertz CT molecular complexity index is 1220. The summed E-state index contributed by atoms with van der Waals surface area (Å²) < 4.78 is 20.7. The van der Waals surface area contributed by atoms with Crippen molar-refractivity contribution < 1.29 is 18.7 Å². The Hall–Kier alpha value is -3.94. The summed E-state index contributed by atoms with van der Waals surface area (Å²) in [6.45, 7) is 3.91. The van der Waals surface area contributed by atoms with Crippen molar-refractivity contribution in [2.45, 2.75) is 26.8 Å². The predicted octanol–water partition coefficient (Wildman–Crippen LogP) is 3.91. The molecule has 2 heterocycles. The Morgan fingerprint density at radius 1 is 1.21 bits per heavy atom. The molecule has 2 amide bonds. The first-order valence-corrected chi connectivity index (χ1v) is 10.6. The van der Waals surface area contributed by atoms with E-state index < -0.39 is 0 Å². The molecule has 0 radical (unpaired) electrons. The maximum atomic E-state index is 13.3. The van der Waals surface area contributed by atoms with Crippen LogP contribution in [0.3, 0.4) is 0 Å². The summed E-state index contributed by atoms with van der Waals surface area (Å²) in [6, 6.07) is 11.6. The monoisotopic (exact) mass is 448 g/mol. The Kier molecular flexibility index (Phi) is 6.26. The van der Waals surface area contributed by atoms with Crippen molar-refractivity contribution in [3.8, 4) is 11.4 Å². The van der Waals surface area contributed by atoms with Gasteiger partial charge in [-0.25, -0.2) is 14.4 Å². The van der Waals surface area contributed by atoms with Crippen molar-refractivity contribution in [1.29, 1.82) is 0 Å². The highest BCUT2D eigenvalue weighted by Gasteiger charge is 2.31. The molecule has 1 aromatic heterocycles. The zero-order valence-electron chi connectivity index (χ0n) is 18.8. The number of rotatable bonds is 5. The van der Waals surface area contributed by atoms with E-state index in [4.69, 9.17) is 4.74 Å². The number of benzene rings is 2. The number of hydrogen-bond donors (Lipinski definition) is 0. The fraction of sp³-hybridized carbons (Fsp3) is 0.240. The molecular weight excluding hydrogens is 423 g/mol. The van der Waals surface area contributed by atoms with Crippen LogP contribution in [-0.4, -0.2) is 45.0 Å². The smallest absolute Gasteiger partial charge is 0.268 e. The normalized spacial score (nSPS) is 15.3. The summed E-state index contributed by atoms with van der Waals surface area (Å²) in [5.74, 6) is -0.172. The van der Waals surface area contributed by atoms with Crippen LogP contribution in [0.25, 0.3) is 11.8 Å². The maximum absolute atomic E-state index is 13.3. The van der Waals surface area contributed by atoms with Gasteiger partial charge in [0.05, 0.1) is 31.4 Å². The van der Waals surface area contributed by atoms with Gasteiger partial charge in [-0.3, -0.25) is 14.6 Å². The molecule has 1 aliphatic heterocycles. The van der Waals surface area contributed by atoms with E-state index in [9.17, 15) is 14.0 Å². The number of nitrogens with zero attached hydrogens (tertiary/aromatic N) is 4. The number of amides is 2. The summed E-state index contributed by atoms with van der Waals surface area (Å²) in [6.07, 6.45) is 5.88. The molecule has 0 spiro atoms. The number of aryl methyl sites for hydroxylation is 1. The van der Waals surface area contributed by atoms with E-state index in [0.29, 0.717) is 24.3 Å². The molecule has 0 N–H and O–H groups in total. The van der Waals surface area contributed by atoms with Gasteiger partial charge in [0.15, 0.2) is 0 Å². The summed E-state index contributed by atoms with van der Waals surface area (Å²) in [5.41, 5.74) is 3.87. The van der Waals surface area contributed by atoms with Crippen LogP contribution in [-0.2, 0) is 16.1 Å². The number of carbonyl (C=O) groups is 2. The molecule has 1 aliphatic rings. The molecule has 2 aromatic carbocycles. The van der Waals surface area contributed by atoms with Crippen molar-refractivity contribution in [2.75, 3.05) is 13.7 Å². The molecule has 0 saturated carbocycles. The van der Waals surface area contributed by atoms with Crippen LogP contribution in [0, 0.1) is 12.7 Å². The molecule has 0 aliphatic carbocycles. The number of methoxy groups -OCH3 is 1. The molecule has 1 fully saturated rings. The van der Waals surface area contributed by atoms with Gasteiger partial charge in [0.25, 0.3) is 5.91 Å². The number of hydrazine groups is 1. The third kappa shape index (κ3) is 4.79. The third-order valence-electron chi connectivity index (χ3n) is 5.54. The standard InChI is InChI=1S/C25H25FN4O3/c1-17-14-28(16-27-17)23-9-6-20(13-24(23)33-3)12-21-10-11-29(18(2)31)30(25(21)32)15-19-4-7-22(26)8-5-19/h4-9,12-14,16H,10-11,15H2,1-3H3. The van der Waals surface area contributed by atoms with Gasteiger partial charge in [0, 0.05) is 25.2 Å². The van der Waals surface area contributed by atoms with Crippen LogP contribution >= 0.6 is 0 Å². The molecule has 1 saturated heterocycles. The van der Waals surface area contributed by atoms with E-state index in [1.54, 1.807) is 25.6 Å². The Morgan fingerprint density at radius 2 is 1.97 bits per heavy atom. The number of imidazole rings is 1. The van der Waals surface area contributed by atoms with E-state index in [1.807, 2.05) is 42.0 Å². The highest BCUT2D eigenvalue weighted by Crippen LogP contribution is 2.28. The molecule has 8 heteroatoms. The van der Waals surface area contributed by atoms with E-state index in [1.165, 1.54) is 29.1 Å². The predicted molar refractivity (Wildman–Crippen MR) is 122 cm³/mol. The highest BCUT2D eigenvalue weighted by atomic mass is 19.1. The first-order valence-electron chi connectivity index (χ1n) is 10.6. The van der Waals surface area contributed by atoms with Crippen LogP contribution < -0.4 is 4.74 Å². The SMILES string of the molecule is COc1cc(C=C2CCN(C(C)=O)N(Cc3ccc(F)cc3)C2=O)ccc1-n1cnc(C)c1. The van der Waals surface area contributed by atoms with E-state index in [-0.39, 0.29) is 24.2 Å². The van der Waals surface area contributed by atoms with Gasteiger partial charge in [-0.15, -0.1) is 0 Å². The number of halogens is 1. The van der Waals surface area contributed by atoms with Crippen LogP contribution in [0.5, 0.6) is 5.75 Å². The quantitative estimate of drug-likeness (QED) is 0.555. The van der Waals surface area contributed by atoms with Gasteiger partial charge in [0.1, 0.15) is 11.6 Å². The van der Waals surface area contributed by atoms with Crippen LogP contribution in [0.1, 0.15) is 30.2 Å². The lowest BCUT2D eigenvalue weighted by Crippen LogP contribution is -2.52. The molecule has 0 unspecified atom stereocenters. The van der Waals surface area contributed by atoms with Crippen molar-refractivity contribution in [3.05, 3.63) is 83.2 Å². The van der Waals surface area contributed by atoms with Gasteiger partial charge in [0.2, 0.25) is 5.91 Å². The van der Waals surface area contributed by atoms with E-state index >= 15 is 0 Å². The van der Waals surface area contributed by atoms with Gasteiger partial charge in [-0.05, 0) is 54.8 Å². The van der Waals surface area contributed by atoms with Gasteiger partial charge in [-0.1, -0.05) is 18.2 Å². The van der Waals surface area contributed by atoms with Crippen molar-refractivity contribution in [3.63, 3.8) is 0 Å². The minimum Gasteiger partial charge on any atom is -0.495 e. The Labute approximate surface area is 191 Å². The lowest BCUT2D eigenvalue weighted by molar-refractivity contribution is -0.164. The second-order valence-corrected chi connectivity index (χ2v) is 7.90. The fourth-order valence-corrected chi connectivity index (χ4v) is 3.86. The summed E-state index contributed by atoms with van der Waals surface area (Å²) in [5, 5.41) is 2.86. The number of aromatic nitrogens is 2. The zero-order valence-corrected chi connectivity index (χ0v) is 18.8. The second-order valence-electron chi connectivity index (χ2n) is 7.90. The average Bonchev–Trinajstić information content (AvgIpc) is 3.23. The lowest BCUT2D eigenvalue weighted by atomic mass is 10.0. The fourth-order valence-electron chi connectivity index (χ4n) is 3.86. The highest BCUT2D eigenvalue weighted by molar-refractivity contribution is 5.99. The zero-order chi connectivity index (χ0) is 23.5. The summed E-state index contributed by atoms with van der Waals surface area (Å²) >= 11 is 0. The lowest BCUT2D eigenvalue weighted by Gasteiger charge is -2.39. The molecule has 170 valence electrons. The number of carbonyl (C=O) groups excluding carboxylic acids is 2. The topological polar surface area (TPSA) is 67.7 Å². The number of ether oxygens (including phenoxy) is 1. The molecule has 7 nitrogen and oxygen atoms in total. The van der Waals surface area contributed by atoms with E-state index in [2.05, 4.69) is 4.98 Å². The molecule has 33 heavy (non-hydrogen) atoms. The van der Waals surface area contributed by atoms with Crippen LogP contribution in [0.4, 0.5) is 4.39 Å². The first-order chi connectivity index (χ1) is 15.9. The van der Waals surface area contributed by atoms with Crippen molar-refractivity contribution in [2.24, 2.45) is 0 Å². The molecule has 3 aromatic rings. The molecule has 0 bridgehead atoms. The largest absolute Gasteiger partial charge is 0.495 e. The Balaban J connectivity index is 1.62. The van der Waals surface area contributed by atoms with Gasteiger partial charge >= 0.3 is 0 Å². The van der Waals surface area contributed by atoms with E-state index in [0.717, 1.165) is 22.5 Å². The van der Waals surface area contributed by atoms with Crippen molar-refractivity contribution >= 4 is 17.9 Å². The number of hydrogen-bond acceptors (Lipinski definition) is 4. The summed E-state index contributed by atoms with van der Waals surface area (Å²) in [7, 11) is 1.60. The van der Waals surface area contributed by atoms with Gasteiger partial charge in [-0.2, -0.15) is 0 Å². The Morgan fingerprint density at radius 3 is 2.61 bits per heavy atom. The molecule has 4 rings (SSSR count). The first kappa shape index (κ1) is 22.3. The van der Waals surface area contributed by atoms with Gasteiger partial charge < -0.3 is 9.30 Å². The van der Waals surface area contributed by atoms with Crippen molar-refractivity contribution in [1.82, 2.24) is 19.6 Å².